The van der Waals surface area contributed by atoms with E-state index in [1.54, 1.807) is 23.6 Å². The summed E-state index contributed by atoms with van der Waals surface area (Å²) in [5.41, 5.74) is 2.01. The maximum Gasteiger partial charge on any atom is 0.214 e. The summed E-state index contributed by atoms with van der Waals surface area (Å²) in [6.45, 7) is 4.09. The van der Waals surface area contributed by atoms with Crippen LogP contribution in [0.5, 0.6) is 5.75 Å². The average molecular weight is 250 g/mol. The van der Waals surface area contributed by atoms with Gasteiger partial charge in [-0.05, 0) is 40.8 Å². The van der Waals surface area contributed by atoms with Crippen molar-refractivity contribution in [3.8, 4) is 11.4 Å². The Morgan fingerprint density at radius 2 is 2.24 bits per heavy atom. The van der Waals surface area contributed by atoms with Crippen LogP contribution >= 0.6 is 11.8 Å². The summed E-state index contributed by atoms with van der Waals surface area (Å²) < 4.78 is 7.04. The molecule has 1 aromatic heterocycles. The van der Waals surface area contributed by atoms with Gasteiger partial charge in [0.05, 0.1) is 7.11 Å². The van der Waals surface area contributed by atoms with Gasteiger partial charge >= 0.3 is 0 Å². The molecule has 0 bridgehead atoms. The summed E-state index contributed by atoms with van der Waals surface area (Å²) in [6, 6.07) is 5.93. The molecule has 6 heteroatoms. The Bertz CT molecular complexity index is 512. The van der Waals surface area contributed by atoms with E-state index in [0.717, 1.165) is 27.9 Å². The third kappa shape index (κ3) is 2.41. The van der Waals surface area contributed by atoms with Crippen LogP contribution in [0.15, 0.2) is 23.4 Å². The van der Waals surface area contributed by atoms with E-state index < -0.39 is 0 Å². The number of aromatic nitrogens is 4. The number of nitrogens with zero attached hydrogens (tertiary/aromatic N) is 4. The first-order valence-electron chi connectivity index (χ1n) is 5.32. The summed E-state index contributed by atoms with van der Waals surface area (Å²) in [5.74, 6) is 1.69. The van der Waals surface area contributed by atoms with Crippen LogP contribution in [0.2, 0.25) is 0 Å². The van der Waals surface area contributed by atoms with Gasteiger partial charge in [-0.2, -0.15) is 4.68 Å². The topological polar surface area (TPSA) is 52.8 Å². The van der Waals surface area contributed by atoms with Crippen LogP contribution in [0.3, 0.4) is 0 Å². The molecule has 0 aliphatic rings. The van der Waals surface area contributed by atoms with Gasteiger partial charge in [-0.1, -0.05) is 24.8 Å². The van der Waals surface area contributed by atoms with Crippen LogP contribution in [-0.4, -0.2) is 33.1 Å². The molecule has 1 heterocycles. The van der Waals surface area contributed by atoms with Gasteiger partial charge in [-0.15, -0.1) is 5.10 Å². The van der Waals surface area contributed by atoms with E-state index in [1.807, 2.05) is 25.1 Å². The lowest BCUT2D eigenvalue weighted by atomic mass is 10.2. The monoisotopic (exact) mass is 250 g/mol. The average Bonchev–Trinajstić information content (AvgIpc) is 2.77. The van der Waals surface area contributed by atoms with Gasteiger partial charge in [0, 0.05) is 0 Å². The molecule has 5 nitrogen and oxygen atoms in total. The Morgan fingerprint density at radius 1 is 1.41 bits per heavy atom. The van der Waals surface area contributed by atoms with E-state index in [9.17, 15) is 0 Å². The third-order valence-corrected chi connectivity index (χ3v) is 3.08. The zero-order valence-electron chi connectivity index (χ0n) is 10.0. The highest BCUT2D eigenvalue weighted by atomic mass is 32.2. The van der Waals surface area contributed by atoms with Crippen molar-refractivity contribution in [3.05, 3.63) is 23.8 Å². The first kappa shape index (κ1) is 11.9. The molecule has 0 saturated carbocycles. The van der Waals surface area contributed by atoms with Crippen molar-refractivity contribution in [2.75, 3.05) is 12.9 Å². The maximum absolute atomic E-state index is 5.33. The molecule has 0 radical (unpaired) electrons. The molecule has 90 valence electrons. The van der Waals surface area contributed by atoms with Gasteiger partial charge in [0.2, 0.25) is 5.16 Å². The molecule has 0 unspecified atom stereocenters. The smallest absolute Gasteiger partial charge is 0.214 e. The quantitative estimate of drug-likeness (QED) is 0.778. The molecule has 0 aliphatic carbocycles. The lowest BCUT2D eigenvalue weighted by Crippen LogP contribution is -2.02. The predicted octanol–water partition coefficient (Wildman–Crippen LogP) is 2.09. The summed E-state index contributed by atoms with van der Waals surface area (Å²) >= 11 is 1.60. The van der Waals surface area contributed by atoms with Crippen molar-refractivity contribution in [2.24, 2.45) is 0 Å². The van der Waals surface area contributed by atoms with Gasteiger partial charge < -0.3 is 4.74 Å². The number of rotatable bonds is 4. The molecule has 17 heavy (non-hydrogen) atoms. The third-order valence-electron chi connectivity index (χ3n) is 2.28. The predicted molar refractivity (Wildman–Crippen MR) is 66.8 cm³/mol. The van der Waals surface area contributed by atoms with Crippen LogP contribution in [0, 0.1) is 6.92 Å². The zero-order valence-corrected chi connectivity index (χ0v) is 10.9. The minimum atomic E-state index is 0.765. The molecule has 0 atom stereocenters. The van der Waals surface area contributed by atoms with Gasteiger partial charge in [-0.3, -0.25) is 0 Å². The standard InChI is InChI=1S/C11H14N4OS/c1-4-17-11-12-13-14-15(11)9-7-8(2)5-6-10(9)16-3/h5-7H,4H2,1-3H3. The van der Waals surface area contributed by atoms with Crippen molar-refractivity contribution in [3.63, 3.8) is 0 Å². The highest BCUT2D eigenvalue weighted by molar-refractivity contribution is 7.99. The van der Waals surface area contributed by atoms with Crippen molar-refractivity contribution in [1.29, 1.82) is 0 Å². The van der Waals surface area contributed by atoms with E-state index in [4.69, 9.17) is 4.74 Å². The Morgan fingerprint density at radius 3 is 2.94 bits per heavy atom. The molecule has 0 fully saturated rings. The first-order valence-corrected chi connectivity index (χ1v) is 6.31. The van der Waals surface area contributed by atoms with Crippen LogP contribution in [0.25, 0.3) is 5.69 Å². The highest BCUT2D eigenvalue weighted by Gasteiger charge is 2.12. The van der Waals surface area contributed by atoms with E-state index in [2.05, 4.69) is 22.4 Å². The van der Waals surface area contributed by atoms with E-state index in [-0.39, 0.29) is 0 Å². The van der Waals surface area contributed by atoms with E-state index in [1.165, 1.54) is 0 Å². The van der Waals surface area contributed by atoms with Crippen LogP contribution in [-0.2, 0) is 0 Å². The Labute approximate surface area is 104 Å². The molecule has 2 aromatic rings. The zero-order chi connectivity index (χ0) is 12.3. The minimum Gasteiger partial charge on any atom is -0.494 e. The summed E-state index contributed by atoms with van der Waals surface area (Å²) in [7, 11) is 1.64. The van der Waals surface area contributed by atoms with Gasteiger partial charge in [0.1, 0.15) is 11.4 Å². The normalized spacial score (nSPS) is 10.5. The number of methoxy groups -OCH3 is 1. The summed E-state index contributed by atoms with van der Waals surface area (Å²) in [5, 5.41) is 12.5. The fraction of sp³-hybridized carbons (Fsp3) is 0.364. The molecule has 0 N–H and O–H groups in total. The molecule has 0 amide bonds. The second-order valence-electron chi connectivity index (χ2n) is 3.48. The van der Waals surface area contributed by atoms with Crippen LogP contribution in [0.4, 0.5) is 0 Å². The Hall–Kier alpha value is -1.56. The van der Waals surface area contributed by atoms with E-state index in [0.29, 0.717) is 0 Å². The van der Waals surface area contributed by atoms with Crippen molar-refractivity contribution >= 4 is 11.8 Å². The number of ether oxygens (including phenoxy) is 1. The first-order chi connectivity index (χ1) is 8.26. The lowest BCUT2D eigenvalue weighted by molar-refractivity contribution is 0.410. The lowest BCUT2D eigenvalue weighted by Gasteiger charge is -2.09. The Balaban J connectivity index is 2.51. The molecule has 0 saturated heterocycles. The number of thioether (sulfide) groups is 1. The number of hydrogen-bond donors (Lipinski definition) is 0. The number of tetrazole rings is 1. The SMILES string of the molecule is CCSc1nnnn1-c1cc(C)ccc1OC. The van der Waals surface area contributed by atoms with Crippen LogP contribution < -0.4 is 4.74 Å². The van der Waals surface area contributed by atoms with Gasteiger partial charge in [0.25, 0.3) is 0 Å². The van der Waals surface area contributed by atoms with E-state index >= 15 is 0 Å². The molecular weight excluding hydrogens is 236 g/mol. The van der Waals surface area contributed by atoms with Crippen molar-refractivity contribution < 1.29 is 4.74 Å². The maximum atomic E-state index is 5.33. The van der Waals surface area contributed by atoms with Gasteiger partial charge in [0.15, 0.2) is 0 Å². The van der Waals surface area contributed by atoms with Crippen LogP contribution in [0.1, 0.15) is 12.5 Å². The second kappa shape index (κ2) is 5.18. The molecule has 2 rings (SSSR count). The summed E-state index contributed by atoms with van der Waals surface area (Å²) in [4.78, 5) is 0. The fourth-order valence-electron chi connectivity index (χ4n) is 1.51. The minimum absolute atomic E-state index is 0.765. The number of aryl methyl sites for hydroxylation is 1. The summed E-state index contributed by atoms with van der Waals surface area (Å²) in [6.07, 6.45) is 0. The van der Waals surface area contributed by atoms with Crippen molar-refractivity contribution in [1.82, 2.24) is 20.2 Å². The molecular formula is C11H14N4OS. The molecule has 0 spiro atoms. The number of hydrogen-bond acceptors (Lipinski definition) is 5. The largest absolute Gasteiger partial charge is 0.494 e. The second-order valence-corrected chi connectivity index (χ2v) is 4.71. The molecule has 0 aliphatic heterocycles. The highest BCUT2D eigenvalue weighted by Crippen LogP contribution is 2.26. The van der Waals surface area contributed by atoms with Crippen molar-refractivity contribution in [2.45, 2.75) is 19.0 Å². The fourth-order valence-corrected chi connectivity index (χ4v) is 2.12. The Kier molecular flexibility index (Phi) is 3.63. The molecule has 1 aromatic carbocycles. The number of benzene rings is 1. The van der Waals surface area contributed by atoms with Gasteiger partial charge in [-0.25, -0.2) is 0 Å².